The van der Waals surface area contributed by atoms with Gasteiger partial charge in [-0.05, 0) is 51.2 Å². The summed E-state index contributed by atoms with van der Waals surface area (Å²) in [5.41, 5.74) is 2.53. The van der Waals surface area contributed by atoms with Crippen LogP contribution in [0.25, 0.3) is 10.8 Å². The number of nitrogens with zero attached hydrogens (tertiary/aromatic N) is 2. The van der Waals surface area contributed by atoms with Crippen molar-refractivity contribution in [3.8, 4) is 0 Å². The Morgan fingerprint density at radius 3 is 2.59 bits per heavy atom. The van der Waals surface area contributed by atoms with E-state index in [1.165, 1.54) is 41.4 Å². The summed E-state index contributed by atoms with van der Waals surface area (Å²) in [7, 11) is 0. The lowest BCUT2D eigenvalue weighted by Crippen LogP contribution is -2.30. The van der Waals surface area contributed by atoms with Crippen LogP contribution in [-0.4, -0.2) is 24.1 Å². The van der Waals surface area contributed by atoms with Gasteiger partial charge in [-0.3, -0.25) is 0 Å². The lowest BCUT2D eigenvalue weighted by molar-refractivity contribution is 0.575. The predicted molar refractivity (Wildman–Crippen MR) is 95.9 cm³/mol. The Kier molecular flexibility index (Phi) is 4.51. The molecule has 1 aromatic carbocycles. The van der Waals surface area contributed by atoms with Crippen molar-refractivity contribution in [3.63, 3.8) is 0 Å². The maximum Gasteiger partial charge on any atom is 0.136 e. The molecule has 0 amide bonds. The van der Waals surface area contributed by atoms with Crippen LogP contribution in [0.5, 0.6) is 0 Å². The molecule has 2 heterocycles. The van der Waals surface area contributed by atoms with Crippen LogP contribution in [0.4, 0.5) is 11.5 Å². The van der Waals surface area contributed by atoms with Crippen LogP contribution < -0.4 is 10.2 Å². The van der Waals surface area contributed by atoms with Crippen LogP contribution in [0, 0.1) is 0 Å². The van der Waals surface area contributed by atoms with Crippen molar-refractivity contribution < 1.29 is 0 Å². The Balaban J connectivity index is 2.11. The molecule has 118 valence electrons. The van der Waals surface area contributed by atoms with Crippen LogP contribution in [0.1, 0.15) is 45.6 Å². The summed E-state index contributed by atoms with van der Waals surface area (Å²) in [5, 5.41) is 6.13. The second-order valence-corrected chi connectivity index (χ2v) is 6.58. The first kappa shape index (κ1) is 15.1. The van der Waals surface area contributed by atoms with Gasteiger partial charge in [0.05, 0.1) is 11.9 Å². The molecule has 3 heteroatoms. The van der Waals surface area contributed by atoms with Crippen molar-refractivity contribution in [2.75, 3.05) is 23.3 Å². The predicted octanol–water partition coefficient (Wildman–Crippen LogP) is 4.61. The van der Waals surface area contributed by atoms with E-state index in [9.17, 15) is 0 Å². The van der Waals surface area contributed by atoms with E-state index in [-0.39, 0.29) is 0 Å². The molecule has 0 bridgehead atoms. The Bertz CT molecular complexity index is 642. The first-order valence-electron chi connectivity index (χ1n) is 8.62. The number of hydrogen-bond donors (Lipinski definition) is 1. The van der Waals surface area contributed by atoms with Gasteiger partial charge in [-0.15, -0.1) is 0 Å². The van der Waals surface area contributed by atoms with E-state index in [0.717, 1.165) is 25.2 Å². The van der Waals surface area contributed by atoms with E-state index in [1.54, 1.807) is 0 Å². The highest BCUT2D eigenvalue weighted by molar-refractivity contribution is 6.00. The lowest BCUT2D eigenvalue weighted by Gasteiger charge is -2.29. The zero-order valence-corrected chi connectivity index (χ0v) is 14.0. The molecule has 1 saturated heterocycles. The summed E-state index contributed by atoms with van der Waals surface area (Å²) in [5.74, 6) is 1.17. The third kappa shape index (κ3) is 3.03. The summed E-state index contributed by atoms with van der Waals surface area (Å²) < 4.78 is 0. The number of benzene rings is 1. The van der Waals surface area contributed by atoms with Crippen molar-refractivity contribution in [1.29, 1.82) is 0 Å². The summed E-state index contributed by atoms with van der Waals surface area (Å²) in [6, 6.07) is 7.25. The highest BCUT2D eigenvalue weighted by Crippen LogP contribution is 2.32. The highest BCUT2D eigenvalue weighted by atomic mass is 15.2. The van der Waals surface area contributed by atoms with Crippen LogP contribution in [0.3, 0.4) is 0 Å². The Hall–Kier alpha value is -1.77. The molecule has 0 aliphatic carbocycles. The molecule has 0 saturated carbocycles. The van der Waals surface area contributed by atoms with Crippen LogP contribution in [-0.2, 0) is 6.42 Å². The number of hydrogen-bond acceptors (Lipinski definition) is 3. The average Bonchev–Trinajstić information content (AvgIpc) is 2.55. The summed E-state index contributed by atoms with van der Waals surface area (Å²) >= 11 is 0. The standard InChI is InChI=1S/C19H27N3/c1-4-15-8-9-16-17(12-15)19(22-10-6-5-7-11-22)20-13-18(16)21-14(2)3/h8-9,12-14,21H,4-7,10-11H2,1-3H3. The van der Waals surface area contributed by atoms with E-state index < -0.39 is 0 Å². The first-order valence-corrected chi connectivity index (χ1v) is 8.62. The lowest BCUT2D eigenvalue weighted by atomic mass is 10.0. The molecular formula is C19H27N3. The van der Waals surface area contributed by atoms with Gasteiger partial charge in [0.1, 0.15) is 5.82 Å². The van der Waals surface area contributed by atoms with E-state index in [1.807, 2.05) is 6.20 Å². The number of pyridine rings is 1. The smallest absolute Gasteiger partial charge is 0.136 e. The van der Waals surface area contributed by atoms with Crippen molar-refractivity contribution in [1.82, 2.24) is 4.98 Å². The molecule has 3 nitrogen and oxygen atoms in total. The number of nitrogens with one attached hydrogen (secondary N) is 1. The molecule has 2 aromatic rings. The molecule has 0 unspecified atom stereocenters. The minimum Gasteiger partial charge on any atom is -0.381 e. The normalized spacial score (nSPS) is 15.5. The molecule has 1 aliphatic heterocycles. The SMILES string of the molecule is CCc1ccc2c(NC(C)C)cnc(N3CCCCC3)c2c1. The number of piperidine rings is 1. The van der Waals surface area contributed by atoms with Crippen molar-refractivity contribution in [2.24, 2.45) is 0 Å². The van der Waals surface area contributed by atoms with Gasteiger partial charge >= 0.3 is 0 Å². The summed E-state index contributed by atoms with van der Waals surface area (Å²) in [6.45, 7) is 8.83. The Morgan fingerprint density at radius 2 is 1.91 bits per heavy atom. The molecule has 3 rings (SSSR count). The molecule has 1 N–H and O–H groups in total. The topological polar surface area (TPSA) is 28.2 Å². The molecule has 1 aromatic heterocycles. The fraction of sp³-hybridized carbons (Fsp3) is 0.526. The second-order valence-electron chi connectivity index (χ2n) is 6.58. The van der Waals surface area contributed by atoms with E-state index >= 15 is 0 Å². The van der Waals surface area contributed by atoms with Gasteiger partial charge in [-0.1, -0.05) is 19.1 Å². The number of rotatable bonds is 4. The zero-order valence-electron chi connectivity index (χ0n) is 14.0. The fourth-order valence-corrected chi connectivity index (χ4v) is 3.28. The van der Waals surface area contributed by atoms with Gasteiger partial charge < -0.3 is 10.2 Å². The third-order valence-electron chi connectivity index (χ3n) is 4.44. The maximum atomic E-state index is 4.82. The molecule has 1 fully saturated rings. The number of fused-ring (bicyclic) bond motifs is 1. The molecular weight excluding hydrogens is 270 g/mol. The quantitative estimate of drug-likeness (QED) is 0.893. The minimum absolute atomic E-state index is 0.414. The number of anilines is 2. The average molecular weight is 297 g/mol. The molecule has 22 heavy (non-hydrogen) atoms. The van der Waals surface area contributed by atoms with Gasteiger partial charge in [-0.2, -0.15) is 0 Å². The van der Waals surface area contributed by atoms with Gasteiger partial charge in [0, 0.05) is 29.9 Å². The summed E-state index contributed by atoms with van der Waals surface area (Å²) in [6.07, 6.45) is 6.99. The molecule has 0 spiro atoms. The summed E-state index contributed by atoms with van der Waals surface area (Å²) in [4.78, 5) is 7.29. The second kappa shape index (κ2) is 6.55. The van der Waals surface area contributed by atoms with Gasteiger partial charge in [-0.25, -0.2) is 4.98 Å². The van der Waals surface area contributed by atoms with E-state index in [0.29, 0.717) is 6.04 Å². The zero-order chi connectivity index (χ0) is 15.5. The molecule has 1 aliphatic rings. The van der Waals surface area contributed by atoms with Gasteiger partial charge in [0.25, 0.3) is 0 Å². The molecule has 0 atom stereocenters. The highest BCUT2D eigenvalue weighted by Gasteiger charge is 2.17. The van der Waals surface area contributed by atoms with E-state index in [4.69, 9.17) is 4.98 Å². The monoisotopic (exact) mass is 297 g/mol. The minimum atomic E-state index is 0.414. The van der Waals surface area contributed by atoms with Gasteiger partial charge in [0.15, 0.2) is 0 Å². The van der Waals surface area contributed by atoms with Crippen molar-refractivity contribution in [3.05, 3.63) is 30.0 Å². The first-order chi connectivity index (χ1) is 10.7. The van der Waals surface area contributed by atoms with Crippen LogP contribution >= 0.6 is 0 Å². The fourth-order valence-electron chi connectivity index (χ4n) is 3.28. The Morgan fingerprint density at radius 1 is 1.14 bits per heavy atom. The maximum absolute atomic E-state index is 4.82. The van der Waals surface area contributed by atoms with Crippen molar-refractivity contribution in [2.45, 2.75) is 52.5 Å². The van der Waals surface area contributed by atoms with Gasteiger partial charge in [0.2, 0.25) is 0 Å². The Labute approximate surface area is 133 Å². The van der Waals surface area contributed by atoms with Crippen LogP contribution in [0.15, 0.2) is 24.4 Å². The van der Waals surface area contributed by atoms with E-state index in [2.05, 4.69) is 49.2 Å². The largest absolute Gasteiger partial charge is 0.381 e. The number of aryl methyl sites for hydroxylation is 1. The molecule has 0 radical (unpaired) electrons. The van der Waals surface area contributed by atoms with Crippen molar-refractivity contribution >= 4 is 22.3 Å². The third-order valence-corrected chi connectivity index (χ3v) is 4.44. The van der Waals surface area contributed by atoms with Crippen LogP contribution in [0.2, 0.25) is 0 Å². The number of aromatic nitrogens is 1.